The highest BCUT2D eigenvalue weighted by molar-refractivity contribution is 7.12. The van der Waals surface area contributed by atoms with Crippen molar-refractivity contribution < 1.29 is 4.92 Å². The van der Waals surface area contributed by atoms with Crippen LogP contribution in [0.5, 0.6) is 0 Å². The Bertz CT molecular complexity index is 183. The fourth-order valence-corrected chi connectivity index (χ4v) is 0.644. The molecule has 1 heterocycles. The fourth-order valence-electron chi connectivity index (χ4n) is 0.265. The van der Waals surface area contributed by atoms with Crippen LogP contribution >= 0.6 is 11.3 Å². The van der Waals surface area contributed by atoms with E-state index in [1.54, 1.807) is 0 Å². The largest absolute Gasteiger partial charge is 0.344 e. The van der Waals surface area contributed by atoms with Crippen molar-refractivity contribution in [3.63, 3.8) is 0 Å². The topological polar surface area (TPSA) is 56.0 Å². The van der Waals surface area contributed by atoms with Gasteiger partial charge < -0.3 is 0 Å². The third-order valence-corrected chi connectivity index (χ3v) is 1.22. The molecule has 1 radical (unpaired) electrons. The highest BCUT2D eigenvalue weighted by Crippen LogP contribution is 2.13. The van der Waals surface area contributed by atoms with Crippen LogP contribution < -0.4 is 0 Å². The van der Waals surface area contributed by atoms with Gasteiger partial charge in [-0.05, 0) is 11.3 Å². The SMILES string of the molecule is O=[N+]([O-])c1cn[c]s1. The lowest BCUT2D eigenvalue weighted by Crippen LogP contribution is -1.80. The van der Waals surface area contributed by atoms with Gasteiger partial charge in [-0.1, -0.05) is 0 Å². The molecule has 0 spiro atoms. The molecule has 0 aliphatic heterocycles. The number of nitrogens with zero attached hydrogens (tertiary/aromatic N) is 2. The van der Waals surface area contributed by atoms with E-state index in [9.17, 15) is 10.1 Å². The van der Waals surface area contributed by atoms with Gasteiger partial charge in [-0.3, -0.25) is 10.1 Å². The van der Waals surface area contributed by atoms with E-state index in [0.29, 0.717) is 0 Å². The smallest absolute Gasteiger partial charge is 0.257 e. The molecular weight excluding hydrogens is 128 g/mol. The predicted molar refractivity (Wildman–Crippen MR) is 27.6 cm³/mol. The number of thiazole rings is 1. The zero-order valence-corrected chi connectivity index (χ0v) is 4.51. The van der Waals surface area contributed by atoms with Crippen LogP contribution in [0.1, 0.15) is 0 Å². The van der Waals surface area contributed by atoms with E-state index in [1.165, 1.54) is 6.20 Å². The molecule has 0 amide bonds. The van der Waals surface area contributed by atoms with Gasteiger partial charge in [-0.15, -0.1) is 0 Å². The fraction of sp³-hybridized carbons (Fsp3) is 0. The Morgan fingerprint density at radius 3 is 3.00 bits per heavy atom. The zero-order valence-electron chi connectivity index (χ0n) is 3.70. The van der Waals surface area contributed by atoms with Crippen molar-refractivity contribution in [3.8, 4) is 0 Å². The summed E-state index contributed by atoms with van der Waals surface area (Å²) >= 11 is 0.896. The molecule has 0 unspecified atom stereocenters. The third kappa shape index (κ3) is 0.812. The molecule has 0 N–H and O–H groups in total. The first-order valence-corrected chi connectivity index (χ1v) is 2.58. The molecule has 0 aromatic carbocycles. The van der Waals surface area contributed by atoms with Crippen molar-refractivity contribution in [1.82, 2.24) is 4.98 Å². The lowest BCUT2D eigenvalue weighted by molar-refractivity contribution is -0.380. The van der Waals surface area contributed by atoms with Crippen LogP contribution in [0.3, 0.4) is 0 Å². The van der Waals surface area contributed by atoms with E-state index >= 15 is 0 Å². The van der Waals surface area contributed by atoms with Gasteiger partial charge in [0.25, 0.3) is 0 Å². The van der Waals surface area contributed by atoms with Crippen LogP contribution in [0.4, 0.5) is 5.00 Å². The van der Waals surface area contributed by atoms with Gasteiger partial charge >= 0.3 is 5.00 Å². The molecule has 1 aromatic rings. The lowest BCUT2D eigenvalue weighted by atomic mass is 10.9. The Labute approximate surface area is 48.9 Å². The predicted octanol–water partition coefficient (Wildman–Crippen LogP) is 0.851. The van der Waals surface area contributed by atoms with Crippen molar-refractivity contribution in [2.24, 2.45) is 0 Å². The van der Waals surface area contributed by atoms with Gasteiger partial charge in [0.15, 0.2) is 5.51 Å². The second-order valence-corrected chi connectivity index (χ2v) is 1.85. The summed E-state index contributed by atoms with van der Waals surface area (Å²) in [5.41, 5.74) is 2.36. The first-order valence-electron chi connectivity index (χ1n) is 1.77. The number of aromatic nitrogens is 1. The van der Waals surface area contributed by atoms with Crippen LogP contribution in [0, 0.1) is 15.6 Å². The second-order valence-electron chi connectivity index (χ2n) is 1.05. The highest BCUT2D eigenvalue weighted by Gasteiger charge is 2.03. The van der Waals surface area contributed by atoms with E-state index in [4.69, 9.17) is 0 Å². The summed E-state index contributed by atoms with van der Waals surface area (Å²) in [5.74, 6) is 0. The summed E-state index contributed by atoms with van der Waals surface area (Å²) in [6.45, 7) is 0. The molecule has 4 nitrogen and oxygen atoms in total. The quantitative estimate of drug-likeness (QED) is 0.417. The van der Waals surface area contributed by atoms with Crippen LogP contribution in [-0.2, 0) is 0 Å². The first kappa shape index (κ1) is 5.17. The first-order chi connectivity index (χ1) is 3.80. The lowest BCUT2D eigenvalue weighted by Gasteiger charge is -1.75. The van der Waals surface area contributed by atoms with Crippen molar-refractivity contribution in [1.29, 1.82) is 0 Å². The molecule has 0 atom stereocenters. The molecule has 1 aromatic heterocycles. The highest BCUT2D eigenvalue weighted by atomic mass is 32.1. The summed E-state index contributed by atoms with van der Waals surface area (Å²) in [5, 5.41) is 9.85. The van der Waals surface area contributed by atoms with Crippen molar-refractivity contribution in [2.75, 3.05) is 0 Å². The van der Waals surface area contributed by atoms with Gasteiger partial charge in [-0.2, -0.15) is 0 Å². The number of hydrogen-bond acceptors (Lipinski definition) is 4. The average molecular weight is 129 g/mol. The molecular formula is C3HN2O2S. The Hall–Kier alpha value is -0.970. The number of nitro groups is 1. The standard InChI is InChI=1S/C3HN2O2S/c6-5(7)3-1-4-2-8-3/h1H. The number of hydrogen-bond donors (Lipinski definition) is 0. The van der Waals surface area contributed by atoms with E-state index in [-0.39, 0.29) is 5.00 Å². The van der Waals surface area contributed by atoms with Gasteiger partial charge in [0.1, 0.15) is 6.20 Å². The molecule has 5 heteroatoms. The summed E-state index contributed by atoms with van der Waals surface area (Å²) in [7, 11) is 0. The van der Waals surface area contributed by atoms with E-state index < -0.39 is 4.92 Å². The minimum Gasteiger partial charge on any atom is -0.257 e. The molecule has 0 fully saturated rings. The second kappa shape index (κ2) is 1.87. The summed E-state index contributed by atoms with van der Waals surface area (Å²) in [4.78, 5) is 12.7. The molecule has 0 aliphatic rings. The third-order valence-electron chi connectivity index (χ3n) is 0.558. The molecule has 8 heavy (non-hydrogen) atoms. The molecule has 0 saturated carbocycles. The minimum atomic E-state index is -0.492. The summed E-state index contributed by atoms with van der Waals surface area (Å²) in [6, 6.07) is 0. The van der Waals surface area contributed by atoms with Gasteiger partial charge in [0, 0.05) is 0 Å². The molecule has 0 aliphatic carbocycles. The number of rotatable bonds is 1. The monoisotopic (exact) mass is 129 g/mol. The Morgan fingerprint density at radius 2 is 2.75 bits per heavy atom. The van der Waals surface area contributed by atoms with Gasteiger partial charge in [0.05, 0.1) is 4.92 Å². The molecule has 41 valence electrons. The minimum absolute atomic E-state index is 0.0324. The van der Waals surface area contributed by atoms with E-state index in [0.717, 1.165) is 11.3 Å². The summed E-state index contributed by atoms with van der Waals surface area (Å²) in [6.07, 6.45) is 1.17. The maximum atomic E-state index is 9.82. The van der Waals surface area contributed by atoms with Crippen LogP contribution in [-0.4, -0.2) is 9.91 Å². The Morgan fingerprint density at radius 1 is 2.00 bits per heavy atom. The van der Waals surface area contributed by atoms with Crippen molar-refractivity contribution in [2.45, 2.75) is 0 Å². The maximum absolute atomic E-state index is 9.82. The molecule has 0 bridgehead atoms. The van der Waals surface area contributed by atoms with E-state index in [2.05, 4.69) is 10.5 Å². The van der Waals surface area contributed by atoms with Crippen LogP contribution in [0.2, 0.25) is 0 Å². The van der Waals surface area contributed by atoms with Crippen molar-refractivity contribution >= 4 is 16.3 Å². The maximum Gasteiger partial charge on any atom is 0.344 e. The molecule has 0 saturated heterocycles. The molecule has 1 rings (SSSR count). The van der Waals surface area contributed by atoms with Crippen LogP contribution in [0.15, 0.2) is 6.20 Å². The Kier molecular flexibility index (Phi) is 1.21. The van der Waals surface area contributed by atoms with E-state index in [1.807, 2.05) is 0 Å². The summed E-state index contributed by atoms with van der Waals surface area (Å²) < 4.78 is 0. The van der Waals surface area contributed by atoms with Crippen molar-refractivity contribution in [3.05, 3.63) is 21.8 Å². The Balaban J connectivity index is 2.93. The van der Waals surface area contributed by atoms with Crippen LogP contribution in [0.25, 0.3) is 0 Å². The van der Waals surface area contributed by atoms with Gasteiger partial charge in [-0.25, -0.2) is 4.98 Å². The average Bonchev–Trinajstić information content (AvgIpc) is 2.12. The van der Waals surface area contributed by atoms with Gasteiger partial charge in [0.2, 0.25) is 0 Å². The zero-order chi connectivity index (χ0) is 5.98. The normalized spacial score (nSPS) is 9.00.